The quantitative estimate of drug-likeness (QED) is 0.429. The standard InChI is InChI=1S/C21H26N4O2/c1-13(12-22)24-19(23)20(27)25-18-6-5-16(14(2)26)11-17(18)15-7-9-21(3,4)10-8-15/h5-7,11,14,26H,1,8-10H2,2-4H3,(H2,23,24)(H,25,27). The molecule has 142 valence electrons. The Labute approximate surface area is 160 Å². The van der Waals surface area contributed by atoms with Crippen molar-refractivity contribution < 1.29 is 9.90 Å². The lowest BCUT2D eigenvalue weighted by Gasteiger charge is -2.29. The van der Waals surface area contributed by atoms with Gasteiger partial charge in [-0.25, -0.2) is 4.99 Å². The van der Waals surface area contributed by atoms with Crippen LogP contribution in [0.5, 0.6) is 0 Å². The van der Waals surface area contributed by atoms with E-state index in [1.807, 2.05) is 6.07 Å². The van der Waals surface area contributed by atoms with Gasteiger partial charge in [0.1, 0.15) is 11.8 Å². The summed E-state index contributed by atoms with van der Waals surface area (Å²) in [5.41, 5.74) is 9.13. The lowest BCUT2D eigenvalue weighted by atomic mass is 9.76. The van der Waals surface area contributed by atoms with E-state index in [1.54, 1.807) is 25.1 Å². The highest BCUT2D eigenvalue weighted by Crippen LogP contribution is 2.40. The Morgan fingerprint density at radius 3 is 2.74 bits per heavy atom. The Kier molecular flexibility index (Phi) is 6.19. The second-order valence-electron chi connectivity index (χ2n) is 7.59. The zero-order chi connectivity index (χ0) is 20.2. The minimum atomic E-state index is -0.611. The summed E-state index contributed by atoms with van der Waals surface area (Å²) >= 11 is 0. The number of hydrogen-bond donors (Lipinski definition) is 3. The third-order valence-corrected chi connectivity index (χ3v) is 4.71. The van der Waals surface area contributed by atoms with Crippen LogP contribution < -0.4 is 11.1 Å². The maximum atomic E-state index is 12.3. The number of nitrogens with two attached hydrogens (primary N) is 1. The molecule has 1 aliphatic rings. The summed E-state index contributed by atoms with van der Waals surface area (Å²) < 4.78 is 0. The van der Waals surface area contributed by atoms with Gasteiger partial charge in [-0.15, -0.1) is 0 Å². The number of anilines is 1. The summed E-state index contributed by atoms with van der Waals surface area (Å²) in [5, 5.41) is 21.4. The number of hydrogen-bond acceptors (Lipinski definition) is 4. The van der Waals surface area contributed by atoms with Gasteiger partial charge in [0.2, 0.25) is 0 Å². The van der Waals surface area contributed by atoms with Crippen LogP contribution in [0.25, 0.3) is 5.57 Å². The molecule has 1 unspecified atom stereocenters. The highest BCUT2D eigenvalue weighted by atomic mass is 16.3. The molecule has 6 nitrogen and oxygen atoms in total. The predicted octanol–water partition coefficient (Wildman–Crippen LogP) is 3.67. The molecule has 0 fully saturated rings. The molecule has 0 spiro atoms. The topological polar surface area (TPSA) is 112 Å². The Morgan fingerprint density at radius 1 is 1.48 bits per heavy atom. The number of allylic oxidation sites excluding steroid dienone is 3. The molecule has 0 saturated heterocycles. The Morgan fingerprint density at radius 2 is 2.19 bits per heavy atom. The van der Waals surface area contributed by atoms with Gasteiger partial charge in [0.05, 0.1) is 6.10 Å². The number of aliphatic imine (C=N–C) groups is 1. The van der Waals surface area contributed by atoms with Crippen molar-refractivity contribution in [3.8, 4) is 6.07 Å². The monoisotopic (exact) mass is 366 g/mol. The summed E-state index contributed by atoms with van der Waals surface area (Å²) in [7, 11) is 0. The van der Waals surface area contributed by atoms with E-state index in [0.717, 1.165) is 36.0 Å². The first kappa shape index (κ1) is 20.4. The molecule has 1 aliphatic carbocycles. The Bertz CT molecular complexity index is 857. The van der Waals surface area contributed by atoms with Crippen LogP contribution in [0, 0.1) is 16.7 Å². The Balaban J connectivity index is 2.38. The van der Waals surface area contributed by atoms with Crippen LogP contribution in [0.1, 0.15) is 57.3 Å². The predicted molar refractivity (Wildman–Crippen MR) is 108 cm³/mol. The number of rotatable bonds is 4. The molecule has 0 heterocycles. The number of carbonyl (C=O) groups excluding carboxylic acids is 1. The van der Waals surface area contributed by atoms with Crippen molar-refractivity contribution in [2.24, 2.45) is 16.1 Å². The third-order valence-electron chi connectivity index (χ3n) is 4.71. The molecule has 0 saturated carbocycles. The average Bonchev–Trinajstić information content (AvgIpc) is 2.61. The summed E-state index contributed by atoms with van der Waals surface area (Å²) in [6.45, 7) is 9.56. The molecule has 0 radical (unpaired) electrons. The van der Waals surface area contributed by atoms with Crippen molar-refractivity contribution in [3.05, 3.63) is 47.7 Å². The van der Waals surface area contributed by atoms with Crippen molar-refractivity contribution >= 4 is 23.0 Å². The lowest BCUT2D eigenvalue weighted by Crippen LogP contribution is -2.30. The van der Waals surface area contributed by atoms with Crippen molar-refractivity contribution in [1.29, 1.82) is 5.26 Å². The second-order valence-corrected chi connectivity index (χ2v) is 7.59. The first-order valence-corrected chi connectivity index (χ1v) is 8.89. The fraction of sp³-hybridized carbons (Fsp3) is 0.381. The summed E-state index contributed by atoms with van der Waals surface area (Å²) in [5.74, 6) is -0.931. The van der Waals surface area contributed by atoms with Gasteiger partial charge in [-0.3, -0.25) is 4.79 Å². The summed E-state index contributed by atoms with van der Waals surface area (Å²) in [4.78, 5) is 16.0. The van der Waals surface area contributed by atoms with Crippen LogP contribution in [0.3, 0.4) is 0 Å². The van der Waals surface area contributed by atoms with E-state index in [-0.39, 0.29) is 16.9 Å². The molecule has 1 aromatic carbocycles. The van der Waals surface area contributed by atoms with Gasteiger partial charge >= 0.3 is 0 Å². The smallest absolute Gasteiger partial charge is 0.290 e. The number of carbonyl (C=O) groups is 1. The fourth-order valence-electron chi connectivity index (χ4n) is 2.93. The molecule has 0 bridgehead atoms. The van der Waals surface area contributed by atoms with Gasteiger partial charge in [-0.1, -0.05) is 32.6 Å². The van der Waals surface area contributed by atoms with E-state index in [9.17, 15) is 9.90 Å². The molecule has 0 aromatic heterocycles. The molecule has 1 atom stereocenters. The minimum absolute atomic E-state index is 0.135. The average molecular weight is 366 g/mol. The highest BCUT2D eigenvalue weighted by molar-refractivity contribution is 6.42. The summed E-state index contributed by atoms with van der Waals surface area (Å²) in [6, 6.07) is 7.14. The number of aliphatic hydroxyl groups excluding tert-OH is 1. The van der Waals surface area contributed by atoms with E-state index < -0.39 is 12.0 Å². The van der Waals surface area contributed by atoms with E-state index in [0.29, 0.717) is 5.69 Å². The number of aliphatic hydroxyl groups is 1. The van der Waals surface area contributed by atoms with Gasteiger partial charge in [-0.2, -0.15) is 5.26 Å². The second kappa shape index (κ2) is 8.19. The zero-order valence-corrected chi connectivity index (χ0v) is 16.0. The van der Waals surface area contributed by atoms with Crippen LogP contribution in [0.4, 0.5) is 5.69 Å². The van der Waals surface area contributed by atoms with E-state index in [1.165, 1.54) is 0 Å². The van der Waals surface area contributed by atoms with E-state index in [4.69, 9.17) is 11.0 Å². The maximum absolute atomic E-state index is 12.3. The van der Waals surface area contributed by atoms with Gasteiger partial charge in [0.25, 0.3) is 5.91 Å². The van der Waals surface area contributed by atoms with E-state index in [2.05, 4.69) is 36.8 Å². The molecule has 6 heteroatoms. The van der Waals surface area contributed by atoms with Crippen molar-refractivity contribution in [2.45, 2.75) is 46.1 Å². The minimum Gasteiger partial charge on any atom is -0.389 e. The number of nitrogens with one attached hydrogen (secondary N) is 1. The Hall–Kier alpha value is -2.91. The van der Waals surface area contributed by atoms with Gasteiger partial charge < -0.3 is 16.2 Å². The van der Waals surface area contributed by atoms with Gasteiger partial charge in [-0.05, 0) is 54.9 Å². The zero-order valence-electron chi connectivity index (χ0n) is 16.0. The van der Waals surface area contributed by atoms with Crippen molar-refractivity contribution in [2.75, 3.05) is 5.32 Å². The molecule has 2 rings (SSSR count). The van der Waals surface area contributed by atoms with Crippen LogP contribution in [0.2, 0.25) is 0 Å². The van der Waals surface area contributed by atoms with Gasteiger partial charge in [0, 0.05) is 11.3 Å². The maximum Gasteiger partial charge on any atom is 0.290 e. The number of nitrogens with zero attached hydrogens (tertiary/aromatic N) is 2. The number of amides is 1. The fourth-order valence-corrected chi connectivity index (χ4v) is 2.93. The van der Waals surface area contributed by atoms with Crippen LogP contribution in [-0.4, -0.2) is 16.8 Å². The normalized spacial score (nSPS) is 17.4. The number of nitriles is 1. The molecule has 27 heavy (non-hydrogen) atoms. The van der Waals surface area contributed by atoms with Crippen LogP contribution >= 0.6 is 0 Å². The molecule has 4 N–H and O–H groups in total. The first-order valence-electron chi connectivity index (χ1n) is 8.89. The first-order chi connectivity index (χ1) is 12.6. The third kappa shape index (κ3) is 5.28. The van der Waals surface area contributed by atoms with Crippen molar-refractivity contribution in [1.82, 2.24) is 0 Å². The SMILES string of the molecule is C=C(C#N)N=C(N)C(=O)Nc1ccc(C(C)O)cc1C1=CCC(C)(C)CC1. The summed E-state index contributed by atoms with van der Waals surface area (Å²) in [6.07, 6.45) is 4.44. The van der Waals surface area contributed by atoms with E-state index >= 15 is 0 Å². The van der Waals surface area contributed by atoms with Crippen LogP contribution in [-0.2, 0) is 4.79 Å². The highest BCUT2D eigenvalue weighted by Gasteiger charge is 2.24. The molecule has 0 aliphatic heterocycles. The van der Waals surface area contributed by atoms with Gasteiger partial charge in [0.15, 0.2) is 5.84 Å². The molecular weight excluding hydrogens is 340 g/mol. The largest absolute Gasteiger partial charge is 0.389 e. The molecule has 1 aromatic rings. The molecular formula is C21H26N4O2. The lowest BCUT2D eigenvalue weighted by molar-refractivity contribution is -0.110. The number of benzene rings is 1. The molecule has 1 amide bonds. The van der Waals surface area contributed by atoms with Crippen molar-refractivity contribution in [3.63, 3.8) is 0 Å². The van der Waals surface area contributed by atoms with Crippen LogP contribution in [0.15, 0.2) is 41.5 Å². The number of amidine groups is 1.